The molecule has 0 spiro atoms. The van der Waals surface area contributed by atoms with Crippen molar-refractivity contribution in [2.24, 2.45) is 0 Å². The largest absolute Gasteiger partial charge is 0.226 e. The minimum atomic E-state index is 0.340. The van der Waals surface area contributed by atoms with E-state index in [2.05, 4.69) is 27.1 Å². The average molecular weight is 311 g/mol. The van der Waals surface area contributed by atoms with Crippen molar-refractivity contribution in [1.29, 1.82) is 5.26 Å². The second-order valence-corrected chi connectivity index (χ2v) is 4.77. The molecular weight excluding hydrogens is 302 g/mol. The van der Waals surface area contributed by atoms with Crippen LogP contribution in [-0.4, -0.2) is 9.78 Å². The van der Waals surface area contributed by atoms with Gasteiger partial charge in [0.2, 0.25) is 0 Å². The Morgan fingerprint density at radius 3 is 2.94 bits per heavy atom. The molecule has 2 rings (SSSR count). The lowest BCUT2D eigenvalue weighted by Gasteiger charge is -2.03. The molecular formula is C12H9BrClN3. The van der Waals surface area contributed by atoms with Gasteiger partial charge in [0.1, 0.15) is 4.60 Å². The van der Waals surface area contributed by atoms with Crippen LogP contribution in [0.2, 0.25) is 5.02 Å². The quantitative estimate of drug-likeness (QED) is 0.849. The molecule has 0 N–H and O–H groups in total. The Morgan fingerprint density at radius 1 is 1.53 bits per heavy atom. The van der Waals surface area contributed by atoms with Gasteiger partial charge in [-0.05, 0) is 41.1 Å². The first-order valence-electron chi connectivity index (χ1n) is 5.00. The Balaban J connectivity index is 2.54. The highest BCUT2D eigenvalue weighted by Crippen LogP contribution is 2.25. The zero-order valence-corrected chi connectivity index (χ0v) is 11.5. The summed E-state index contributed by atoms with van der Waals surface area (Å²) in [5.74, 6) is 0. The predicted molar refractivity (Wildman–Crippen MR) is 70.3 cm³/mol. The van der Waals surface area contributed by atoms with Gasteiger partial charge in [-0.2, -0.15) is 10.4 Å². The van der Waals surface area contributed by atoms with Gasteiger partial charge < -0.3 is 0 Å². The van der Waals surface area contributed by atoms with Crippen molar-refractivity contribution < 1.29 is 0 Å². The summed E-state index contributed by atoms with van der Waals surface area (Å²) in [5, 5.41) is 13.8. The van der Waals surface area contributed by atoms with E-state index in [0.29, 0.717) is 11.4 Å². The van der Waals surface area contributed by atoms with Crippen LogP contribution >= 0.6 is 27.5 Å². The number of hydrogen-bond donors (Lipinski definition) is 0. The molecule has 5 heteroatoms. The molecule has 1 aromatic heterocycles. The van der Waals surface area contributed by atoms with E-state index in [0.717, 1.165) is 21.5 Å². The number of halogens is 2. The Labute approximate surface area is 113 Å². The van der Waals surface area contributed by atoms with Crippen LogP contribution in [0.3, 0.4) is 0 Å². The molecule has 0 aliphatic heterocycles. The summed E-state index contributed by atoms with van der Waals surface area (Å²) < 4.78 is 2.55. The van der Waals surface area contributed by atoms with Crippen molar-refractivity contribution in [3.05, 3.63) is 45.1 Å². The standard InChI is InChI=1S/C12H9BrClN3/c1-8-11(5-6-15)12(13)17(16-8)10-4-2-3-9(14)7-10/h2-4,7H,5H2,1H3. The fourth-order valence-corrected chi connectivity index (χ4v) is 2.49. The Morgan fingerprint density at radius 2 is 2.29 bits per heavy atom. The van der Waals surface area contributed by atoms with Gasteiger partial charge in [-0.15, -0.1) is 0 Å². The molecule has 0 atom stereocenters. The van der Waals surface area contributed by atoms with Gasteiger partial charge >= 0.3 is 0 Å². The van der Waals surface area contributed by atoms with E-state index in [9.17, 15) is 0 Å². The maximum atomic E-state index is 8.76. The zero-order valence-electron chi connectivity index (χ0n) is 9.11. The SMILES string of the molecule is Cc1nn(-c2cccc(Cl)c2)c(Br)c1CC#N. The van der Waals surface area contributed by atoms with Crippen LogP contribution < -0.4 is 0 Å². The molecule has 0 aliphatic rings. The summed E-state index contributed by atoms with van der Waals surface area (Å²) in [6.45, 7) is 1.89. The molecule has 2 aromatic rings. The fraction of sp³-hybridized carbons (Fsp3) is 0.167. The molecule has 3 nitrogen and oxygen atoms in total. The summed E-state index contributed by atoms with van der Waals surface area (Å²) in [5.41, 5.74) is 2.63. The smallest absolute Gasteiger partial charge is 0.114 e. The first kappa shape index (κ1) is 12.2. The molecule has 0 saturated heterocycles. The Hall–Kier alpha value is -1.31. The van der Waals surface area contributed by atoms with Gasteiger partial charge in [0.15, 0.2) is 0 Å². The molecule has 0 bridgehead atoms. The summed E-state index contributed by atoms with van der Waals surface area (Å²) in [4.78, 5) is 0. The molecule has 17 heavy (non-hydrogen) atoms. The van der Waals surface area contributed by atoms with Gasteiger partial charge in [0.25, 0.3) is 0 Å². The van der Waals surface area contributed by atoms with Gasteiger partial charge in [-0.3, -0.25) is 0 Å². The minimum absolute atomic E-state index is 0.340. The van der Waals surface area contributed by atoms with E-state index in [4.69, 9.17) is 16.9 Å². The van der Waals surface area contributed by atoms with Gasteiger partial charge in [-0.1, -0.05) is 17.7 Å². The second-order valence-electron chi connectivity index (χ2n) is 3.58. The van der Waals surface area contributed by atoms with Gasteiger partial charge in [0.05, 0.1) is 23.9 Å². The molecule has 1 aromatic carbocycles. The van der Waals surface area contributed by atoms with Crippen molar-refractivity contribution in [2.75, 3.05) is 0 Å². The van der Waals surface area contributed by atoms with Crippen LogP contribution in [0, 0.1) is 18.3 Å². The molecule has 0 unspecified atom stereocenters. The normalized spacial score (nSPS) is 10.2. The van der Waals surface area contributed by atoms with Crippen LogP contribution in [0.5, 0.6) is 0 Å². The van der Waals surface area contributed by atoms with E-state index in [1.54, 1.807) is 4.68 Å². The number of rotatable bonds is 2. The molecule has 0 aliphatic carbocycles. The highest BCUT2D eigenvalue weighted by Gasteiger charge is 2.13. The highest BCUT2D eigenvalue weighted by molar-refractivity contribution is 9.10. The van der Waals surface area contributed by atoms with E-state index < -0.39 is 0 Å². The van der Waals surface area contributed by atoms with Gasteiger partial charge in [0, 0.05) is 10.6 Å². The lowest BCUT2D eigenvalue weighted by molar-refractivity contribution is 0.845. The summed E-state index contributed by atoms with van der Waals surface area (Å²) in [6, 6.07) is 9.55. The number of nitriles is 1. The van der Waals surface area contributed by atoms with Crippen LogP contribution in [0.25, 0.3) is 5.69 Å². The third-order valence-electron chi connectivity index (χ3n) is 2.43. The number of hydrogen-bond acceptors (Lipinski definition) is 2. The predicted octanol–water partition coefficient (Wildman–Crippen LogP) is 3.66. The first-order chi connectivity index (χ1) is 8.13. The van der Waals surface area contributed by atoms with Crippen molar-refractivity contribution in [1.82, 2.24) is 9.78 Å². The average Bonchev–Trinajstić information content (AvgIpc) is 2.57. The van der Waals surface area contributed by atoms with E-state index in [-0.39, 0.29) is 0 Å². The minimum Gasteiger partial charge on any atom is -0.226 e. The van der Waals surface area contributed by atoms with Crippen LogP contribution in [-0.2, 0) is 6.42 Å². The van der Waals surface area contributed by atoms with Gasteiger partial charge in [-0.25, -0.2) is 4.68 Å². The monoisotopic (exact) mass is 309 g/mol. The maximum absolute atomic E-state index is 8.76. The summed E-state index contributed by atoms with van der Waals surface area (Å²) >= 11 is 9.42. The number of aryl methyl sites for hydroxylation is 1. The van der Waals surface area contributed by atoms with Crippen molar-refractivity contribution in [2.45, 2.75) is 13.3 Å². The van der Waals surface area contributed by atoms with E-state index in [1.807, 2.05) is 31.2 Å². The third kappa shape index (κ3) is 2.36. The van der Waals surface area contributed by atoms with E-state index in [1.165, 1.54) is 0 Å². The highest BCUT2D eigenvalue weighted by atomic mass is 79.9. The fourth-order valence-electron chi connectivity index (χ4n) is 1.59. The van der Waals surface area contributed by atoms with E-state index >= 15 is 0 Å². The molecule has 0 amide bonds. The second kappa shape index (κ2) is 4.91. The summed E-state index contributed by atoms with van der Waals surface area (Å²) in [7, 11) is 0. The molecule has 0 radical (unpaired) electrons. The Bertz CT molecular complexity index is 598. The van der Waals surface area contributed by atoms with Crippen molar-refractivity contribution >= 4 is 27.5 Å². The Kier molecular flexibility index (Phi) is 3.51. The van der Waals surface area contributed by atoms with Crippen LogP contribution in [0.1, 0.15) is 11.3 Å². The molecule has 0 saturated carbocycles. The number of benzene rings is 1. The number of nitrogens with zero attached hydrogens (tertiary/aromatic N) is 3. The first-order valence-corrected chi connectivity index (χ1v) is 6.17. The lowest BCUT2D eigenvalue weighted by Crippen LogP contribution is -1.96. The molecule has 0 fully saturated rings. The summed E-state index contributed by atoms with van der Waals surface area (Å²) in [6.07, 6.45) is 0.340. The molecule has 1 heterocycles. The zero-order chi connectivity index (χ0) is 12.4. The topological polar surface area (TPSA) is 41.6 Å². The van der Waals surface area contributed by atoms with Crippen molar-refractivity contribution in [3.8, 4) is 11.8 Å². The third-order valence-corrected chi connectivity index (χ3v) is 3.48. The molecule has 86 valence electrons. The lowest BCUT2D eigenvalue weighted by atomic mass is 10.2. The maximum Gasteiger partial charge on any atom is 0.114 e. The van der Waals surface area contributed by atoms with Crippen molar-refractivity contribution in [3.63, 3.8) is 0 Å². The number of aromatic nitrogens is 2. The van der Waals surface area contributed by atoms with Crippen LogP contribution in [0.15, 0.2) is 28.9 Å². The van der Waals surface area contributed by atoms with Crippen LogP contribution in [0.4, 0.5) is 0 Å².